The number of hydrogen-bond donors (Lipinski definition) is 0. The molecule has 5 unspecified atom stereocenters. The van der Waals surface area contributed by atoms with Crippen molar-refractivity contribution < 1.29 is 0 Å². The Labute approximate surface area is 236 Å². The van der Waals surface area contributed by atoms with E-state index in [-0.39, 0.29) is 0 Å². The van der Waals surface area contributed by atoms with Crippen molar-refractivity contribution >= 4 is 7.28 Å². The first-order chi connectivity index (χ1) is 17.6. The Kier molecular flexibility index (Phi) is 13.9. The molecule has 0 heterocycles. The Bertz CT molecular complexity index is 666. The highest BCUT2D eigenvalue weighted by atomic mass is 14.6. The Morgan fingerprint density at radius 2 is 1.14 bits per heavy atom. The molecule has 0 aliphatic heterocycles. The maximum atomic E-state index is 2.86. The molecule has 0 spiro atoms. The fourth-order valence-electron chi connectivity index (χ4n) is 8.07. The second-order valence-corrected chi connectivity index (χ2v) is 14.5. The van der Waals surface area contributed by atoms with Gasteiger partial charge in [-0.3, -0.25) is 0 Å². The standard InChI is InChI=1S/C36H68B/c1-10-14-17-20-24-31(23-13-4)30(6)33(32(25-21-18-15-11-2)26-22-19-16-12-3)34(7)28-36(34,9)37-35(8)27-29(35)5/h29,31-32H,10-28H2,1-9H3/b33-30+. The average molecular weight is 512 g/mol. The third-order valence-electron chi connectivity index (χ3n) is 11.1. The van der Waals surface area contributed by atoms with Crippen LogP contribution in [-0.4, -0.2) is 7.28 Å². The van der Waals surface area contributed by atoms with Crippen LogP contribution in [0.2, 0.25) is 10.6 Å². The van der Waals surface area contributed by atoms with E-state index < -0.39 is 0 Å². The maximum absolute atomic E-state index is 2.86. The van der Waals surface area contributed by atoms with E-state index >= 15 is 0 Å². The predicted octanol–water partition coefficient (Wildman–Crippen LogP) is 12.8. The lowest BCUT2D eigenvalue weighted by Gasteiger charge is -2.35. The number of hydrogen-bond acceptors (Lipinski definition) is 0. The number of unbranched alkanes of at least 4 members (excludes halogenated alkanes) is 9. The molecule has 0 bridgehead atoms. The second kappa shape index (κ2) is 15.6. The molecule has 2 rings (SSSR count). The maximum Gasteiger partial charge on any atom is 0.127 e. The summed E-state index contributed by atoms with van der Waals surface area (Å²) in [6.45, 7) is 22.5. The zero-order valence-electron chi connectivity index (χ0n) is 27.2. The van der Waals surface area contributed by atoms with Gasteiger partial charge in [0.05, 0.1) is 0 Å². The Morgan fingerprint density at radius 1 is 0.676 bits per heavy atom. The molecule has 2 aliphatic rings. The van der Waals surface area contributed by atoms with Gasteiger partial charge in [0.2, 0.25) is 0 Å². The van der Waals surface area contributed by atoms with Gasteiger partial charge in [0, 0.05) is 0 Å². The van der Waals surface area contributed by atoms with Crippen LogP contribution < -0.4 is 0 Å². The minimum Gasteiger partial charge on any atom is -0.0702 e. The quantitative estimate of drug-likeness (QED) is 0.0770. The molecule has 1 radical (unpaired) electrons. The molecule has 5 atom stereocenters. The van der Waals surface area contributed by atoms with Gasteiger partial charge in [-0.05, 0) is 67.5 Å². The summed E-state index contributed by atoms with van der Waals surface area (Å²) in [7, 11) is 2.86. The van der Waals surface area contributed by atoms with Gasteiger partial charge >= 0.3 is 0 Å². The topological polar surface area (TPSA) is 0 Å². The minimum atomic E-state index is 0.387. The summed E-state index contributed by atoms with van der Waals surface area (Å²) in [6.07, 6.45) is 26.7. The number of allylic oxidation sites excluding steroid dienone is 2. The van der Waals surface area contributed by atoms with Gasteiger partial charge in [0.15, 0.2) is 0 Å². The molecule has 0 N–H and O–H groups in total. The third kappa shape index (κ3) is 9.17. The fourth-order valence-corrected chi connectivity index (χ4v) is 8.07. The monoisotopic (exact) mass is 512 g/mol. The largest absolute Gasteiger partial charge is 0.127 e. The zero-order chi connectivity index (χ0) is 27.5. The van der Waals surface area contributed by atoms with Crippen LogP contribution in [0.1, 0.15) is 184 Å². The molecule has 215 valence electrons. The summed E-state index contributed by atoms with van der Waals surface area (Å²) >= 11 is 0. The highest BCUT2D eigenvalue weighted by Crippen LogP contribution is 2.79. The van der Waals surface area contributed by atoms with Crippen molar-refractivity contribution in [3.05, 3.63) is 11.1 Å². The molecule has 2 aliphatic carbocycles. The number of rotatable bonds is 22. The smallest absolute Gasteiger partial charge is 0.0702 e. The molecule has 1 heteroatoms. The lowest BCUT2D eigenvalue weighted by molar-refractivity contribution is 0.384. The average Bonchev–Trinajstić information content (AvgIpc) is 3.64. The zero-order valence-corrected chi connectivity index (χ0v) is 27.2. The van der Waals surface area contributed by atoms with Crippen molar-refractivity contribution in [2.24, 2.45) is 23.2 Å². The molecular weight excluding hydrogens is 443 g/mol. The van der Waals surface area contributed by atoms with E-state index in [9.17, 15) is 0 Å². The van der Waals surface area contributed by atoms with Crippen molar-refractivity contribution in [3.8, 4) is 0 Å². The van der Waals surface area contributed by atoms with Crippen molar-refractivity contribution in [1.82, 2.24) is 0 Å². The molecule has 0 amide bonds. The van der Waals surface area contributed by atoms with Crippen LogP contribution in [0.25, 0.3) is 0 Å². The Morgan fingerprint density at radius 3 is 1.54 bits per heavy atom. The third-order valence-corrected chi connectivity index (χ3v) is 11.1. The molecular formula is C36H68B. The summed E-state index contributed by atoms with van der Waals surface area (Å²) in [5, 5.41) is 0.888. The van der Waals surface area contributed by atoms with Crippen molar-refractivity contribution in [3.63, 3.8) is 0 Å². The molecule has 0 saturated heterocycles. The first kappa shape index (κ1) is 33.0. The van der Waals surface area contributed by atoms with E-state index in [1.54, 1.807) is 0 Å². The molecule has 0 aromatic carbocycles. The van der Waals surface area contributed by atoms with E-state index in [0.29, 0.717) is 16.0 Å². The van der Waals surface area contributed by atoms with Crippen molar-refractivity contribution in [1.29, 1.82) is 0 Å². The van der Waals surface area contributed by atoms with Crippen LogP contribution in [0, 0.1) is 23.2 Å². The molecule has 2 fully saturated rings. The van der Waals surface area contributed by atoms with Crippen LogP contribution in [-0.2, 0) is 0 Å². The molecule has 2 saturated carbocycles. The fraction of sp³-hybridized carbons (Fsp3) is 0.944. The van der Waals surface area contributed by atoms with Gasteiger partial charge in [-0.1, -0.05) is 162 Å². The normalized spacial score (nSPS) is 30.4. The van der Waals surface area contributed by atoms with Gasteiger partial charge < -0.3 is 0 Å². The first-order valence-electron chi connectivity index (χ1n) is 17.2. The summed E-state index contributed by atoms with van der Waals surface area (Å²) < 4.78 is 0. The minimum absolute atomic E-state index is 0.387. The summed E-state index contributed by atoms with van der Waals surface area (Å²) in [6, 6.07) is 0. The van der Waals surface area contributed by atoms with Crippen molar-refractivity contribution in [2.75, 3.05) is 0 Å². The van der Waals surface area contributed by atoms with Crippen LogP contribution in [0.3, 0.4) is 0 Å². The van der Waals surface area contributed by atoms with Gasteiger partial charge in [-0.25, -0.2) is 0 Å². The van der Waals surface area contributed by atoms with Gasteiger partial charge in [-0.2, -0.15) is 0 Å². The Hall–Kier alpha value is -0.195. The summed E-state index contributed by atoms with van der Waals surface area (Å²) in [5.74, 6) is 2.50. The van der Waals surface area contributed by atoms with Gasteiger partial charge in [-0.15, -0.1) is 0 Å². The summed E-state index contributed by atoms with van der Waals surface area (Å²) in [4.78, 5) is 0. The van der Waals surface area contributed by atoms with E-state index in [1.807, 2.05) is 11.1 Å². The highest BCUT2D eigenvalue weighted by molar-refractivity contribution is 6.47. The second-order valence-electron chi connectivity index (χ2n) is 14.5. The van der Waals surface area contributed by atoms with E-state index in [0.717, 1.165) is 17.8 Å². The lowest BCUT2D eigenvalue weighted by atomic mass is 9.47. The highest BCUT2D eigenvalue weighted by Gasteiger charge is 2.67. The van der Waals surface area contributed by atoms with E-state index in [1.165, 1.54) is 122 Å². The molecule has 37 heavy (non-hydrogen) atoms. The van der Waals surface area contributed by atoms with Crippen LogP contribution in [0.4, 0.5) is 0 Å². The van der Waals surface area contributed by atoms with Crippen LogP contribution >= 0.6 is 0 Å². The van der Waals surface area contributed by atoms with Crippen molar-refractivity contribution in [2.45, 2.75) is 195 Å². The van der Waals surface area contributed by atoms with Crippen LogP contribution in [0.15, 0.2) is 11.1 Å². The molecule has 0 aromatic heterocycles. The van der Waals surface area contributed by atoms with Crippen LogP contribution in [0.5, 0.6) is 0 Å². The van der Waals surface area contributed by atoms with E-state index in [2.05, 4.69) is 69.6 Å². The van der Waals surface area contributed by atoms with Gasteiger partial charge in [0.25, 0.3) is 0 Å². The predicted molar refractivity (Wildman–Crippen MR) is 170 cm³/mol. The first-order valence-corrected chi connectivity index (χ1v) is 17.2. The molecule has 0 nitrogen and oxygen atoms in total. The van der Waals surface area contributed by atoms with E-state index in [4.69, 9.17) is 0 Å². The lowest BCUT2D eigenvalue weighted by Crippen LogP contribution is -2.24. The summed E-state index contributed by atoms with van der Waals surface area (Å²) in [5.41, 5.74) is 4.20. The SMILES string of the molecule is CCCCCCC(CCC)/C(C)=C(\C(CCCCCC)CCCCCC)C1(C)CC1(C)[B]C1(C)CC1C. The Balaban J connectivity index is 2.38. The van der Waals surface area contributed by atoms with Gasteiger partial charge in [0.1, 0.15) is 7.28 Å². The molecule has 0 aromatic rings.